The monoisotopic (exact) mass is 249 g/mol. The first-order valence-corrected chi connectivity index (χ1v) is 6.63. The normalized spacial score (nSPS) is 20.7. The molecule has 1 aliphatic heterocycles. The van der Waals surface area contributed by atoms with E-state index in [0.717, 1.165) is 24.0 Å². The van der Waals surface area contributed by atoms with Crippen molar-refractivity contribution >= 4 is 11.8 Å². The molecular formula is C13H23N5. The van der Waals surface area contributed by atoms with Crippen LogP contribution in [0.5, 0.6) is 0 Å². The first-order valence-electron chi connectivity index (χ1n) is 6.63. The van der Waals surface area contributed by atoms with Gasteiger partial charge in [0.05, 0.1) is 0 Å². The van der Waals surface area contributed by atoms with Crippen molar-refractivity contribution in [2.24, 2.45) is 5.92 Å². The van der Waals surface area contributed by atoms with Crippen molar-refractivity contribution in [3.8, 4) is 0 Å². The first-order chi connectivity index (χ1) is 8.67. The molecule has 1 atom stereocenters. The number of likely N-dealkylation sites (tertiary alicyclic amines) is 1. The lowest BCUT2D eigenvalue weighted by atomic mass is 9.98. The number of nitrogens with one attached hydrogen (secondary N) is 2. The molecule has 0 radical (unpaired) electrons. The highest BCUT2D eigenvalue weighted by atomic mass is 15.1. The zero-order chi connectivity index (χ0) is 13.0. The average molecular weight is 249 g/mol. The second-order valence-electron chi connectivity index (χ2n) is 5.12. The largest absolute Gasteiger partial charge is 0.370 e. The predicted octanol–water partition coefficient (Wildman–Crippen LogP) is 1.58. The third-order valence-electron chi connectivity index (χ3n) is 3.37. The summed E-state index contributed by atoms with van der Waals surface area (Å²) in [7, 11) is 4.04. The van der Waals surface area contributed by atoms with Crippen LogP contribution in [0, 0.1) is 12.8 Å². The number of hydrogen-bond donors (Lipinski definition) is 2. The quantitative estimate of drug-likeness (QED) is 0.848. The molecule has 18 heavy (non-hydrogen) atoms. The van der Waals surface area contributed by atoms with E-state index >= 15 is 0 Å². The minimum atomic E-state index is 0.679. The van der Waals surface area contributed by atoms with Gasteiger partial charge in [0.25, 0.3) is 0 Å². The molecule has 1 saturated heterocycles. The molecule has 0 aliphatic carbocycles. The Labute approximate surface area is 109 Å². The van der Waals surface area contributed by atoms with Gasteiger partial charge in [0.2, 0.25) is 5.95 Å². The number of nitrogens with zero attached hydrogens (tertiary/aromatic N) is 3. The Morgan fingerprint density at radius 3 is 3.00 bits per heavy atom. The van der Waals surface area contributed by atoms with Crippen molar-refractivity contribution in [2.45, 2.75) is 19.8 Å². The van der Waals surface area contributed by atoms with Crippen LogP contribution in [0.15, 0.2) is 6.07 Å². The van der Waals surface area contributed by atoms with Gasteiger partial charge in [0, 0.05) is 31.9 Å². The van der Waals surface area contributed by atoms with Crippen LogP contribution >= 0.6 is 0 Å². The van der Waals surface area contributed by atoms with E-state index in [1.54, 1.807) is 0 Å². The zero-order valence-electron chi connectivity index (χ0n) is 11.5. The second-order valence-corrected chi connectivity index (χ2v) is 5.12. The van der Waals surface area contributed by atoms with Crippen molar-refractivity contribution in [3.05, 3.63) is 11.8 Å². The molecule has 2 N–H and O–H groups in total. The van der Waals surface area contributed by atoms with Gasteiger partial charge in [-0.1, -0.05) is 0 Å². The number of rotatable bonds is 4. The topological polar surface area (TPSA) is 53.1 Å². The number of anilines is 2. The maximum Gasteiger partial charge on any atom is 0.224 e. The summed E-state index contributed by atoms with van der Waals surface area (Å²) in [6.45, 7) is 5.38. The Balaban J connectivity index is 1.91. The molecule has 2 rings (SSSR count). The molecule has 0 saturated carbocycles. The van der Waals surface area contributed by atoms with Gasteiger partial charge in [-0.25, -0.2) is 4.98 Å². The summed E-state index contributed by atoms with van der Waals surface area (Å²) in [6, 6.07) is 1.99. The number of aromatic nitrogens is 2. The van der Waals surface area contributed by atoms with Gasteiger partial charge in [-0.3, -0.25) is 0 Å². The third kappa shape index (κ3) is 3.57. The minimum Gasteiger partial charge on any atom is -0.370 e. The fourth-order valence-corrected chi connectivity index (χ4v) is 2.46. The van der Waals surface area contributed by atoms with Crippen molar-refractivity contribution < 1.29 is 0 Å². The summed E-state index contributed by atoms with van der Waals surface area (Å²) in [6.07, 6.45) is 2.60. The lowest BCUT2D eigenvalue weighted by Crippen LogP contribution is -2.35. The molecule has 0 bridgehead atoms. The van der Waals surface area contributed by atoms with Crippen molar-refractivity contribution in [3.63, 3.8) is 0 Å². The number of aryl methyl sites for hydroxylation is 1. The molecule has 5 heteroatoms. The lowest BCUT2D eigenvalue weighted by molar-refractivity contribution is 0.217. The van der Waals surface area contributed by atoms with E-state index in [1.807, 2.05) is 20.0 Å². The Morgan fingerprint density at radius 1 is 1.44 bits per heavy atom. The Kier molecular flexibility index (Phi) is 4.36. The van der Waals surface area contributed by atoms with E-state index in [1.165, 1.54) is 25.9 Å². The van der Waals surface area contributed by atoms with Gasteiger partial charge < -0.3 is 15.5 Å². The fourth-order valence-electron chi connectivity index (χ4n) is 2.46. The summed E-state index contributed by atoms with van der Waals surface area (Å²) >= 11 is 0. The molecule has 0 spiro atoms. The van der Waals surface area contributed by atoms with Gasteiger partial charge >= 0.3 is 0 Å². The van der Waals surface area contributed by atoms with E-state index in [4.69, 9.17) is 0 Å². The molecule has 100 valence electrons. The molecule has 2 heterocycles. The summed E-state index contributed by atoms with van der Waals surface area (Å²) in [4.78, 5) is 11.1. The lowest BCUT2D eigenvalue weighted by Gasteiger charge is -2.29. The van der Waals surface area contributed by atoms with Crippen LogP contribution < -0.4 is 10.6 Å². The summed E-state index contributed by atoms with van der Waals surface area (Å²) in [5.74, 6) is 2.32. The Morgan fingerprint density at radius 2 is 2.28 bits per heavy atom. The maximum atomic E-state index is 4.41. The van der Waals surface area contributed by atoms with Crippen LogP contribution in [0.4, 0.5) is 11.8 Å². The SMILES string of the molecule is CNc1nc(C)cc(NCC2CCCN(C)C2)n1. The summed E-state index contributed by atoms with van der Waals surface area (Å²) in [5, 5.41) is 6.42. The molecule has 1 aliphatic rings. The highest BCUT2D eigenvalue weighted by Gasteiger charge is 2.16. The minimum absolute atomic E-state index is 0.679. The molecule has 5 nitrogen and oxygen atoms in total. The molecule has 1 unspecified atom stereocenters. The highest BCUT2D eigenvalue weighted by Crippen LogP contribution is 2.16. The van der Waals surface area contributed by atoms with Crippen LogP contribution in [-0.2, 0) is 0 Å². The van der Waals surface area contributed by atoms with Crippen LogP contribution in [0.1, 0.15) is 18.5 Å². The average Bonchev–Trinajstić information content (AvgIpc) is 2.36. The standard InChI is InChI=1S/C13H23N5/c1-10-7-12(17-13(14-2)16-10)15-8-11-5-4-6-18(3)9-11/h7,11H,4-6,8-9H2,1-3H3,(H2,14,15,16,17). The molecule has 0 aromatic carbocycles. The summed E-state index contributed by atoms with van der Waals surface area (Å²) in [5.41, 5.74) is 0.984. The van der Waals surface area contributed by atoms with Crippen molar-refractivity contribution in [2.75, 3.05) is 44.4 Å². The van der Waals surface area contributed by atoms with E-state index < -0.39 is 0 Å². The molecule has 1 aromatic rings. The fraction of sp³-hybridized carbons (Fsp3) is 0.692. The van der Waals surface area contributed by atoms with Crippen LogP contribution in [0.2, 0.25) is 0 Å². The van der Waals surface area contributed by atoms with E-state index in [9.17, 15) is 0 Å². The van der Waals surface area contributed by atoms with Crippen molar-refractivity contribution in [1.82, 2.24) is 14.9 Å². The van der Waals surface area contributed by atoms with Gasteiger partial charge in [-0.2, -0.15) is 4.98 Å². The number of piperidine rings is 1. The van der Waals surface area contributed by atoms with E-state index in [2.05, 4.69) is 32.5 Å². The summed E-state index contributed by atoms with van der Waals surface area (Å²) < 4.78 is 0. The maximum absolute atomic E-state index is 4.41. The molecule has 1 fully saturated rings. The smallest absolute Gasteiger partial charge is 0.224 e. The van der Waals surface area contributed by atoms with Crippen LogP contribution in [-0.4, -0.2) is 48.6 Å². The van der Waals surface area contributed by atoms with Gasteiger partial charge in [0.1, 0.15) is 5.82 Å². The van der Waals surface area contributed by atoms with Crippen LogP contribution in [0.3, 0.4) is 0 Å². The second kappa shape index (κ2) is 6.00. The predicted molar refractivity (Wildman–Crippen MR) is 75.0 cm³/mol. The van der Waals surface area contributed by atoms with E-state index in [0.29, 0.717) is 5.95 Å². The van der Waals surface area contributed by atoms with Crippen LogP contribution in [0.25, 0.3) is 0 Å². The molecule has 1 aromatic heterocycles. The first kappa shape index (κ1) is 13.1. The number of hydrogen-bond acceptors (Lipinski definition) is 5. The van der Waals surface area contributed by atoms with Gasteiger partial charge in [-0.05, 0) is 39.3 Å². The zero-order valence-corrected chi connectivity index (χ0v) is 11.5. The van der Waals surface area contributed by atoms with E-state index in [-0.39, 0.29) is 0 Å². The third-order valence-corrected chi connectivity index (χ3v) is 3.37. The van der Waals surface area contributed by atoms with Crippen molar-refractivity contribution in [1.29, 1.82) is 0 Å². The highest BCUT2D eigenvalue weighted by molar-refractivity contribution is 5.41. The Bertz CT molecular complexity index is 393. The van der Waals surface area contributed by atoms with Gasteiger partial charge in [0.15, 0.2) is 0 Å². The van der Waals surface area contributed by atoms with Gasteiger partial charge in [-0.15, -0.1) is 0 Å². The molecular weight excluding hydrogens is 226 g/mol. The molecule has 0 amide bonds. The Hall–Kier alpha value is -1.36.